The molecule has 2 fully saturated rings. The summed E-state index contributed by atoms with van der Waals surface area (Å²) in [6.07, 6.45) is 3.75. The fraction of sp³-hybridized carbons (Fsp3) is 0.360. The van der Waals surface area contributed by atoms with Gasteiger partial charge in [-0.15, -0.1) is 23.7 Å². The van der Waals surface area contributed by atoms with Crippen LogP contribution in [0.3, 0.4) is 0 Å². The Morgan fingerprint density at radius 3 is 2.53 bits per heavy atom. The summed E-state index contributed by atoms with van der Waals surface area (Å²) in [6.45, 7) is 3.89. The quantitative estimate of drug-likeness (QED) is 0.514. The number of hydrogen-bond donors (Lipinski definition) is 1. The van der Waals surface area contributed by atoms with Crippen LogP contribution in [-0.4, -0.2) is 77.4 Å². The van der Waals surface area contributed by atoms with Gasteiger partial charge in [0.15, 0.2) is 5.13 Å². The van der Waals surface area contributed by atoms with Crippen molar-refractivity contribution in [3.8, 4) is 11.3 Å². The van der Waals surface area contributed by atoms with Crippen LogP contribution in [0.25, 0.3) is 11.3 Å². The number of aromatic nitrogens is 2. The van der Waals surface area contributed by atoms with E-state index >= 15 is 0 Å². The summed E-state index contributed by atoms with van der Waals surface area (Å²) in [7, 11) is 2.03. The normalized spacial score (nSPS) is 18.1. The molecule has 36 heavy (non-hydrogen) atoms. The molecule has 2 aliphatic heterocycles. The summed E-state index contributed by atoms with van der Waals surface area (Å²) in [6, 6.07) is 11.1. The lowest BCUT2D eigenvalue weighted by Gasteiger charge is -2.37. The van der Waals surface area contributed by atoms with Gasteiger partial charge in [0.2, 0.25) is 5.91 Å². The van der Waals surface area contributed by atoms with Gasteiger partial charge in [0, 0.05) is 42.1 Å². The van der Waals surface area contributed by atoms with Crippen molar-refractivity contribution in [2.75, 3.05) is 50.0 Å². The van der Waals surface area contributed by atoms with Crippen molar-refractivity contribution >= 4 is 58.0 Å². The van der Waals surface area contributed by atoms with E-state index in [9.17, 15) is 9.59 Å². The van der Waals surface area contributed by atoms with Crippen molar-refractivity contribution in [3.63, 3.8) is 0 Å². The van der Waals surface area contributed by atoms with E-state index < -0.39 is 0 Å². The third-order valence-electron chi connectivity index (χ3n) is 6.62. The molecular formula is C25H28Cl2N6O2S. The number of carbonyl (C=O) groups excluding carboxylic acids is 2. The molecule has 4 heterocycles. The molecule has 0 saturated carbocycles. The lowest BCUT2D eigenvalue weighted by Crippen LogP contribution is -2.53. The van der Waals surface area contributed by atoms with Crippen molar-refractivity contribution in [2.45, 2.75) is 18.9 Å². The largest absolute Gasteiger partial charge is 0.367 e. The maximum Gasteiger partial charge on any atom is 0.276 e. The van der Waals surface area contributed by atoms with Gasteiger partial charge in [0.05, 0.1) is 23.6 Å². The second-order valence-corrected chi connectivity index (χ2v) is 10.1. The second-order valence-electron chi connectivity index (χ2n) is 8.82. The molecule has 8 nitrogen and oxygen atoms in total. The fourth-order valence-electron chi connectivity index (χ4n) is 4.61. The number of likely N-dealkylation sites (N-methyl/N-ethyl adjacent to an activating group) is 1. The molecule has 2 aliphatic rings. The maximum absolute atomic E-state index is 12.8. The van der Waals surface area contributed by atoms with Gasteiger partial charge in [-0.3, -0.25) is 19.8 Å². The van der Waals surface area contributed by atoms with E-state index in [1.807, 2.05) is 47.7 Å². The smallest absolute Gasteiger partial charge is 0.276 e. The highest BCUT2D eigenvalue weighted by Crippen LogP contribution is 2.30. The minimum atomic E-state index is -0.312. The highest BCUT2D eigenvalue weighted by Gasteiger charge is 2.32. The van der Waals surface area contributed by atoms with E-state index in [0.717, 1.165) is 49.4 Å². The van der Waals surface area contributed by atoms with Gasteiger partial charge in [-0.05, 0) is 44.6 Å². The molecular weight excluding hydrogens is 519 g/mol. The van der Waals surface area contributed by atoms with Crippen LogP contribution in [0, 0.1) is 0 Å². The number of nitrogens with one attached hydrogen (secondary N) is 1. The number of carbonyl (C=O) groups is 2. The number of hydrogen-bond acceptors (Lipinski definition) is 7. The van der Waals surface area contributed by atoms with Crippen LogP contribution in [0.15, 0.2) is 48.0 Å². The number of halogens is 2. The van der Waals surface area contributed by atoms with Crippen LogP contribution in [0.2, 0.25) is 5.02 Å². The summed E-state index contributed by atoms with van der Waals surface area (Å²) in [5.41, 5.74) is 2.81. The number of anilines is 2. The molecule has 2 amide bonds. The first-order valence-corrected chi connectivity index (χ1v) is 13.0. The Morgan fingerprint density at radius 1 is 1.08 bits per heavy atom. The van der Waals surface area contributed by atoms with Gasteiger partial charge in [0.1, 0.15) is 5.69 Å². The first kappa shape index (κ1) is 26.3. The summed E-state index contributed by atoms with van der Waals surface area (Å²) < 4.78 is 0. The zero-order chi connectivity index (χ0) is 24.4. The van der Waals surface area contributed by atoms with Crippen molar-refractivity contribution < 1.29 is 9.59 Å². The third kappa shape index (κ3) is 5.64. The highest BCUT2D eigenvalue weighted by molar-refractivity contribution is 7.14. The Hall–Kier alpha value is -2.72. The van der Waals surface area contributed by atoms with Crippen LogP contribution < -0.4 is 10.2 Å². The van der Waals surface area contributed by atoms with Crippen molar-refractivity contribution in [2.24, 2.45) is 0 Å². The summed E-state index contributed by atoms with van der Waals surface area (Å²) in [5, 5.41) is 5.79. The number of rotatable bonds is 5. The Bertz CT molecular complexity index is 1210. The van der Waals surface area contributed by atoms with E-state index in [0.29, 0.717) is 28.9 Å². The third-order valence-corrected chi connectivity index (χ3v) is 7.70. The topological polar surface area (TPSA) is 81.7 Å². The molecule has 0 unspecified atom stereocenters. The minimum absolute atomic E-state index is 0. The van der Waals surface area contributed by atoms with Gasteiger partial charge in [0.25, 0.3) is 5.91 Å². The standard InChI is InChI=1S/C25H27ClN6O2S.ClH/c1-30-10-4-7-22(30)24(34)32-13-11-31(12-14-32)17-8-9-20(27-15-17)23(33)29-25-28-21(16-35-25)18-5-2-3-6-19(18)26;/h2-3,5-6,8-9,15-16,22H,4,7,10-14H2,1H3,(H,28,29,33);1H/t22-;/m0./s1. The van der Waals surface area contributed by atoms with E-state index in [1.54, 1.807) is 12.3 Å². The molecule has 0 aliphatic carbocycles. The molecule has 11 heteroatoms. The van der Waals surface area contributed by atoms with Gasteiger partial charge < -0.3 is 9.80 Å². The molecule has 1 atom stereocenters. The predicted octanol–water partition coefficient (Wildman–Crippen LogP) is 4.28. The summed E-state index contributed by atoms with van der Waals surface area (Å²) >= 11 is 7.59. The lowest BCUT2D eigenvalue weighted by atomic mass is 10.1. The average Bonchev–Trinajstić information content (AvgIpc) is 3.53. The zero-order valence-corrected chi connectivity index (χ0v) is 22.3. The SMILES string of the molecule is CN1CCC[C@H]1C(=O)N1CCN(c2ccc(C(=O)Nc3nc(-c4ccccc4Cl)cs3)nc2)CC1.Cl. The fourth-order valence-corrected chi connectivity index (χ4v) is 5.55. The van der Waals surface area contributed by atoms with Crippen molar-refractivity contribution in [1.82, 2.24) is 19.8 Å². The van der Waals surface area contributed by atoms with E-state index in [1.165, 1.54) is 11.3 Å². The molecule has 1 N–H and O–H groups in total. The van der Waals surface area contributed by atoms with E-state index in [2.05, 4.69) is 25.1 Å². The zero-order valence-electron chi connectivity index (χ0n) is 19.9. The molecule has 0 bridgehead atoms. The molecule has 190 valence electrons. The van der Waals surface area contributed by atoms with Gasteiger partial charge in [-0.1, -0.05) is 29.8 Å². The molecule has 0 radical (unpaired) electrons. The van der Waals surface area contributed by atoms with E-state index in [-0.39, 0.29) is 30.3 Å². The highest BCUT2D eigenvalue weighted by atomic mass is 35.5. The van der Waals surface area contributed by atoms with Crippen LogP contribution in [0.5, 0.6) is 0 Å². The number of likely N-dealkylation sites (tertiary alicyclic amines) is 1. The van der Waals surface area contributed by atoms with Gasteiger partial charge in [-0.25, -0.2) is 9.97 Å². The predicted molar refractivity (Wildman–Crippen MR) is 146 cm³/mol. The minimum Gasteiger partial charge on any atom is -0.367 e. The first-order chi connectivity index (χ1) is 17.0. The Morgan fingerprint density at radius 2 is 1.86 bits per heavy atom. The number of amides is 2. The molecule has 0 spiro atoms. The van der Waals surface area contributed by atoms with Crippen molar-refractivity contribution in [3.05, 3.63) is 58.7 Å². The average molecular weight is 548 g/mol. The Kier molecular flexibility index (Phi) is 8.46. The Balaban J connectivity index is 0.00000304. The molecule has 5 rings (SSSR count). The molecule has 2 saturated heterocycles. The van der Waals surface area contributed by atoms with Crippen LogP contribution in [0.4, 0.5) is 10.8 Å². The number of nitrogens with zero attached hydrogens (tertiary/aromatic N) is 5. The van der Waals surface area contributed by atoms with Crippen LogP contribution in [-0.2, 0) is 4.79 Å². The second kappa shape index (κ2) is 11.6. The summed E-state index contributed by atoms with van der Waals surface area (Å²) in [4.78, 5) is 40.7. The number of thiazole rings is 1. The van der Waals surface area contributed by atoms with Gasteiger partial charge in [-0.2, -0.15) is 0 Å². The Labute approximate surface area is 225 Å². The maximum atomic E-state index is 12.8. The molecule has 3 aromatic rings. The van der Waals surface area contributed by atoms with Crippen LogP contribution >= 0.6 is 35.3 Å². The van der Waals surface area contributed by atoms with E-state index in [4.69, 9.17) is 11.6 Å². The number of piperazine rings is 1. The van der Waals surface area contributed by atoms with Crippen LogP contribution in [0.1, 0.15) is 23.3 Å². The number of benzene rings is 1. The molecule has 2 aromatic heterocycles. The number of pyridine rings is 1. The van der Waals surface area contributed by atoms with Crippen molar-refractivity contribution in [1.29, 1.82) is 0 Å². The summed E-state index contributed by atoms with van der Waals surface area (Å²) in [5.74, 6) is -0.0672. The van der Waals surface area contributed by atoms with Gasteiger partial charge >= 0.3 is 0 Å². The first-order valence-electron chi connectivity index (χ1n) is 11.7. The molecule has 1 aromatic carbocycles. The lowest BCUT2D eigenvalue weighted by molar-refractivity contribution is -0.135. The monoisotopic (exact) mass is 546 g/mol.